The van der Waals surface area contributed by atoms with Crippen molar-refractivity contribution in [3.8, 4) is 5.75 Å². The number of benzene rings is 2. The smallest absolute Gasteiger partial charge is 0.406 e. The number of ether oxygens (including phenoxy) is 1. The summed E-state index contributed by atoms with van der Waals surface area (Å²) in [6, 6.07) is 10.3. The molecule has 0 spiro atoms. The summed E-state index contributed by atoms with van der Waals surface area (Å²) in [5.41, 5.74) is 0.123. The minimum absolute atomic E-state index is 0.0336. The first-order chi connectivity index (χ1) is 10.2. The lowest BCUT2D eigenvalue weighted by molar-refractivity contribution is -0.274. The maximum Gasteiger partial charge on any atom is 0.573 e. The standard InChI is InChI=1S/C13H9BrF3NO3S/c14-9-1-7-12(8-2-9)22(19,20)18-10-3-5-11(6-4-10)21-13(15,16)17/h1-8,18H. The molecule has 4 nitrogen and oxygen atoms in total. The first-order valence-corrected chi connectivity index (χ1v) is 8.07. The summed E-state index contributed by atoms with van der Waals surface area (Å²) in [6.07, 6.45) is -4.79. The molecule has 0 fully saturated rings. The molecule has 0 radical (unpaired) electrons. The molecule has 0 saturated heterocycles. The summed E-state index contributed by atoms with van der Waals surface area (Å²) in [5.74, 6) is -0.431. The maximum absolute atomic E-state index is 12.1. The van der Waals surface area contributed by atoms with Crippen molar-refractivity contribution in [1.29, 1.82) is 0 Å². The van der Waals surface area contributed by atoms with Crippen molar-refractivity contribution >= 4 is 31.6 Å². The molecule has 2 aromatic carbocycles. The van der Waals surface area contributed by atoms with E-state index in [2.05, 4.69) is 25.4 Å². The van der Waals surface area contributed by atoms with Gasteiger partial charge in [0.25, 0.3) is 10.0 Å². The molecular formula is C13H9BrF3NO3S. The molecule has 0 unspecified atom stereocenters. The van der Waals surface area contributed by atoms with Crippen LogP contribution < -0.4 is 9.46 Å². The Kier molecular flexibility index (Phi) is 4.66. The molecule has 0 atom stereocenters. The number of sulfonamides is 1. The number of hydrogen-bond donors (Lipinski definition) is 1. The highest BCUT2D eigenvalue weighted by atomic mass is 79.9. The van der Waals surface area contributed by atoms with Crippen LogP contribution in [0.5, 0.6) is 5.75 Å². The van der Waals surface area contributed by atoms with Gasteiger partial charge in [-0.15, -0.1) is 13.2 Å². The fourth-order valence-corrected chi connectivity index (χ4v) is 2.88. The summed E-state index contributed by atoms with van der Waals surface area (Å²) in [4.78, 5) is 0.0336. The van der Waals surface area contributed by atoms with E-state index in [1.54, 1.807) is 12.1 Å². The van der Waals surface area contributed by atoms with Crippen molar-refractivity contribution in [1.82, 2.24) is 0 Å². The summed E-state index contributed by atoms with van der Waals surface area (Å²) in [6.45, 7) is 0. The van der Waals surface area contributed by atoms with E-state index in [0.717, 1.165) is 16.6 Å². The van der Waals surface area contributed by atoms with Crippen molar-refractivity contribution in [2.24, 2.45) is 0 Å². The summed E-state index contributed by atoms with van der Waals surface area (Å²) in [5, 5.41) is 0. The third-order valence-electron chi connectivity index (χ3n) is 2.46. The van der Waals surface area contributed by atoms with Crippen LogP contribution >= 0.6 is 15.9 Å². The average Bonchev–Trinajstić information content (AvgIpc) is 2.39. The number of nitrogens with one attached hydrogen (secondary N) is 1. The molecule has 0 aliphatic carbocycles. The number of alkyl halides is 3. The van der Waals surface area contributed by atoms with Gasteiger partial charge in [-0.05, 0) is 48.5 Å². The molecule has 0 heterocycles. The highest BCUT2D eigenvalue weighted by molar-refractivity contribution is 9.10. The number of rotatable bonds is 4. The molecule has 0 saturated carbocycles. The fourth-order valence-electron chi connectivity index (χ4n) is 1.55. The van der Waals surface area contributed by atoms with E-state index in [0.29, 0.717) is 0 Å². The monoisotopic (exact) mass is 395 g/mol. The fraction of sp³-hybridized carbons (Fsp3) is 0.0769. The Labute approximate surface area is 133 Å². The van der Waals surface area contributed by atoms with Crippen LogP contribution in [0.25, 0.3) is 0 Å². The van der Waals surface area contributed by atoms with Gasteiger partial charge in [0.05, 0.1) is 4.90 Å². The van der Waals surface area contributed by atoms with Gasteiger partial charge in [0.1, 0.15) is 5.75 Å². The lowest BCUT2D eigenvalue weighted by Gasteiger charge is -2.11. The minimum atomic E-state index is -4.79. The van der Waals surface area contributed by atoms with Crippen molar-refractivity contribution < 1.29 is 26.3 Å². The highest BCUT2D eigenvalue weighted by Crippen LogP contribution is 2.25. The Bertz CT molecular complexity index is 744. The normalized spacial score (nSPS) is 12.0. The van der Waals surface area contributed by atoms with Crippen molar-refractivity contribution in [2.45, 2.75) is 11.3 Å². The molecule has 2 aromatic rings. The van der Waals surface area contributed by atoms with Gasteiger partial charge in [0, 0.05) is 10.2 Å². The largest absolute Gasteiger partial charge is 0.573 e. The first kappa shape index (κ1) is 16.6. The Morgan fingerprint density at radius 2 is 1.50 bits per heavy atom. The van der Waals surface area contributed by atoms with Gasteiger partial charge in [0.15, 0.2) is 0 Å². The molecule has 0 aromatic heterocycles. The highest BCUT2D eigenvalue weighted by Gasteiger charge is 2.31. The molecule has 9 heteroatoms. The Balaban J connectivity index is 2.14. The van der Waals surface area contributed by atoms with E-state index >= 15 is 0 Å². The third-order valence-corrected chi connectivity index (χ3v) is 4.39. The lowest BCUT2D eigenvalue weighted by Crippen LogP contribution is -2.17. The van der Waals surface area contributed by atoms with Crippen LogP contribution in [0.15, 0.2) is 57.9 Å². The van der Waals surface area contributed by atoms with Crippen LogP contribution in [0, 0.1) is 0 Å². The number of halogens is 4. The predicted molar refractivity (Wildman–Crippen MR) is 78.1 cm³/mol. The molecule has 22 heavy (non-hydrogen) atoms. The van der Waals surface area contributed by atoms with Gasteiger partial charge >= 0.3 is 6.36 Å². The van der Waals surface area contributed by atoms with Gasteiger partial charge in [0.2, 0.25) is 0 Å². The van der Waals surface area contributed by atoms with Crippen molar-refractivity contribution in [3.05, 3.63) is 53.0 Å². The van der Waals surface area contributed by atoms with Crippen LogP contribution in [-0.4, -0.2) is 14.8 Å². The quantitative estimate of drug-likeness (QED) is 0.845. The van der Waals surface area contributed by atoms with Crippen LogP contribution in [-0.2, 0) is 10.0 Å². The Morgan fingerprint density at radius 1 is 0.955 bits per heavy atom. The van der Waals surface area contributed by atoms with Crippen LogP contribution in [0.4, 0.5) is 18.9 Å². The van der Waals surface area contributed by atoms with E-state index in [1.165, 1.54) is 24.3 Å². The summed E-state index contributed by atoms with van der Waals surface area (Å²) >= 11 is 3.19. The Hall–Kier alpha value is -1.74. The minimum Gasteiger partial charge on any atom is -0.406 e. The SMILES string of the molecule is O=S(=O)(Nc1ccc(OC(F)(F)F)cc1)c1ccc(Br)cc1. The van der Waals surface area contributed by atoms with E-state index < -0.39 is 22.1 Å². The third kappa shape index (κ3) is 4.63. The molecule has 0 amide bonds. The molecule has 118 valence electrons. The van der Waals surface area contributed by atoms with Crippen LogP contribution in [0.2, 0.25) is 0 Å². The number of anilines is 1. The van der Waals surface area contributed by atoms with E-state index in [1.807, 2.05) is 0 Å². The summed E-state index contributed by atoms with van der Waals surface area (Å²) in [7, 11) is -3.81. The lowest BCUT2D eigenvalue weighted by atomic mass is 10.3. The van der Waals surface area contributed by atoms with Gasteiger partial charge in [-0.1, -0.05) is 15.9 Å². The van der Waals surface area contributed by atoms with Crippen molar-refractivity contribution in [3.63, 3.8) is 0 Å². The van der Waals surface area contributed by atoms with Gasteiger partial charge in [-0.25, -0.2) is 8.42 Å². The van der Waals surface area contributed by atoms with E-state index in [4.69, 9.17) is 0 Å². The number of hydrogen-bond acceptors (Lipinski definition) is 3. The van der Waals surface area contributed by atoms with Crippen LogP contribution in [0.3, 0.4) is 0 Å². The van der Waals surface area contributed by atoms with Gasteiger partial charge in [-0.2, -0.15) is 0 Å². The molecule has 0 aliphatic rings. The maximum atomic E-state index is 12.1. The zero-order valence-electron chi connectivity index (χ0n) is 10.8. The second-order valence-corrected chi connectivity index (χ2v) is 6.73. The van der Waals surface area contributed by atoms with Crippen molar-refractivity contribution in [2.75, 3.05) is 4.72 Å². The molecule has 2 rings (SSSR count). The molecular weight excluding hydrogens is 387 g/mol. The topological polar surface area (TPSA) is 55.4 Å². The summed E-state index contributed by atoms with van der Waals surface area (Å²) < 4.78 is 67.0. The zero-order chi connectivity index (χ0) is 16.4. The van der Waals surface area contributed by atoms with E-state index in [-0.39, 0.29) is 10.6 Å². The van der Waals surface area contributed by atoms with Gasteiger partial charge in [-0.3, -0.25) is 4.72 Å². The predicted octanol–water partition coefficient (Wildman–Crippen LogP) is 4.15. The Morgan fingerprint density at radius 3 is 2.00 bits per heavy atom. The second-order valence-electron chi connectivity index (χ2n) is 4.13. The molecule has 0 bridgehead atoms. The van der Waals surface area contributed by atoms with E-state index in [9.17, 15) is 21.6 Å². The molecule has 0 aliphatic heterocycles. The second kappa shape index (κ2) is 6.17. The van der Waals surface area contributed by atoms with Gasteiger partial charge < -0.3 is 4.74 Å². The first-order valence-electron chi connectivity index (χ1n) is 5.80. The molecule has 1 N–H and O–H groups in total. The zero-order valence-corrected chi connectivity index (χ0v) is 13.2. The van der Waals surface area contributed by atoms with Crippen LogP contribution in [0.1, 0.15) is 0 Å². The average molecular weight is 396 g/mol.